The Hall–Kier alpha value is -2.46. The molecule has 190 valence electrons. The maximum Gasteiger partial charge on any atom is 0.139 e. The number of carbonyl (C=O) groups is 2. The lowest BCUT2D eigenvalue weighted by Crippen LogP contribution is -2.44. The molecule has 2 aromatic carbocycles. The first-order chi connectivity index (χ1) is 17.1. The SMILES string of the molecule is CC.CC12CCC3c4ccc(OCc5ccccc5)cc4CCC3C1C(CCC=O)CC2=O.CO. The zero-order chi connectivity index (χ0) is 25.4. The number of fused-ring (bicyclic) bond motifs is 5. The number of aldehydes is 1. The number of Topliss-reactive ketones (excluding diaryl/α,β-unsaturated/α-hetero) is 1. The Bertz CT molecular complexity index is 969. The highest BCUT2D eigenvalue weighted by Gasteiger charge is 2.58. The predicted molar refractivity (Wildman–Crippen MR) is 141 cm³/mol. The molecule has 1 N–H and O–H groups in total. The monoisotopic (exact) mass is 478 g/mol. The van der Waals surface area contributed by atoms with E-state index in [9.17, 15) is 9.59 Å². The number of aliphatic hydroxyl groups excluding tert-OH is 1. The number of aryl methyl sites for hydroxylation is 1. The van der Waals surface area contributed by atoms with Crippen molar-refractivity contribution < 1.29 is 19.4 Å². The van der Waals surface area contributed by atoms with Crippen molar-refractivity contribution in [3.63, 3.8) is 0 Å². The molecule has 5 atom stereocenters. The van der Waals surface area contributed by atoms with E-state index in [-0.39, 0.29) is 5.41 Å². The van der Waals surface area contributed by atoms with Crippen LogP contribution in [0.1, 0.15) is 81.9 Å². The molecule has 4 heteroatoms. The first kappa shape index (κ1) is 27.1. The molecule has 0 radical (unpaired) electrons. The fraction of sp³-hybridized carbons (Fsp3) is 0.548. The molecular formula is C31H42O4. The van der Waals surface area contributed by atoms with E-state index in [4.69, 9.17) is 9.84 Å². The number of rotatable bonds is 6. The molecule has 5 unspecified atom stereocenters. The highest BCUT2D eigenvalue weighted by molar-refractivity contribution is 5.87. The molecule has 0 heterocycles. The van der Waals surface area contributed by atoms with Gasteiger partial charge in [0, 0.05) is 25.4 Å². The molecule has 3 aliphatic rings. The molecule has 0 bridgehead atoms. The van der Waals surface area contributed by atoms with E-state index in [2.05, 4.69) is 37.3 Å². The molecular weight excluding hydrogens is 436 g/mol. The van der Waals surface area contributed by atoms with E-state index in [1.807, 2.05) is 32.0 Å². The third-order valence-electron chi connectivity index (χ3n) is 8.45. The summed E-state index contributed by atoms with van der Waals surface area (Å²) in [6, 6.07) is 16.9. The largest absolute Gasteiger partial charge is 0.489 e. The predicted octanol–water partition coefficient (Wildman–Crippen LogP) is 6.53. The lowest BCUT2D eigenvalue weighted by molar-refractivity contribution is -0.129. The van der Waals surface area contributed by atoms with Gasteiger partial charge in [0.1, 0.15) is 24.4 Å². The summed E-state index contributed by atoms with van der Waals surface area (Å²) in [5.41, 5.74) is 3.90. The van der Waals surface area contributed by atoms with Crippen molar-refractivity contribution in [1.82, 2.24) is 0 Å². The van der Waals surface area contributed by atoms with Crippen LogP contribution >= 0.6 is 0 Å². The van der Waals surface area contributed by atoms with Crippen molar-refractivity contribution in [3.05, 3.63) is 65.2 Å². The van der Waals surface area contributed by atoms with Gasteiger partial charge in [-0.2, -0.15) is 0 Å². The molecule has 0 saturated heterocycles. The molecule has 35 heavy (non-hydrogen) atoms. The van der Waals surface area contributed by atoms with E-state index in [0.717, 1.165) is 51.2 Å². The Kier molecular flexibility index (Phi) is 9.68. The number of ether oxygens (including phenoxy) is 1. The van der Waals surface area contributed by atoms with Gasteiger partial charge < -0.3 is 14.6 Å². The van der Waals surface area contributed by atoms with Crippen molar-refractivity contribution in [2.75, 3.05) is 7.11 Å². The normalized spacial score (nSPS) is 28.2. The summed E-state index contributed by atoms with van der Waals surface area (Å²) in [5.74, 6) is 3.30. The fourth-order valence-electron chi connectivity index (χ4n) is 7.00. The third kappa shape index (κ3) is 5.53. The number of hydrogen-bond acceptors (Lipinski definition) is 4. The van der Waals surface area contributed by atoms with Gasteiger partial charge in [-0.1, -0.05) is 57.2 Å². The molecule has 5 rings (SSSR count). The third-order valence-corrected chi connectivity index (χ3v) is 8.45. The van der Waals surface area contributed by atoms with Crippen molar-refractivity contribution in [2.24, 2.45) is 23.2 Å². The van der Waals surface area contributed by atoms with Crippen molar-refractivity contribution in [1.29, 1.82) is 0 Å². The van der Waals surface area contributed by atoms with Crippen molar-refractivity contribution in [2.45, 2.75) is 78.2 Å². The maximum absolute atomic E-state index is 13.0. The lowest BCUT2D eigenvalue weighted by atomic mass is 9.54. The fourth-order valence-corrected chi connectivity index (χ4v) is 7.00. The van der Waals surface area contributed by atoms with E-state index in [1.54, 1.807) is 0 Å². The van der Waals surface area contributed by atoms with Gasteiger partial charge in [0.05, 0.1) is 0 Å². The van der Waals surface area contributed by atoms with Crippen LogP contribution in [0.3, 0.4) is 0 Å². The van der Waals surface area contributed by atoms with Crippen LogP contribution in [0.15, 0.2) is 48.5 Å². The number of hydrogen-bond donors (Lipinski definition) is 1. The molecule has 0 amide bonds. The standard InChI is InChI=1S/C28H32O3.C2H6.CH4O/c1-28-14-13-24-23-12-10-22(31-18-19-6-3-2-4-7-19)16-20(23)9-11-25(24)27(28)21(8-5-15-29)17-26(28)30;2*1-2/h2-4,6-7,10,12,15-16,21,24-25,27H,5,8-9,11,13-14,17-18H2,1H3;1-2H3;2H,1H3. The summed E-state index contributed by atoms with van der Waals surface area (Å²) in [7, 11) is 1.00. The van der Waals surface area contributed by atoms with Gasteiger partial charge in [0.25, 0.3) is 0 Å². The quantitative estimate of drug-likeness (QED) is 0.479. The summed E-state index contributed by atoms with van der Waals surface area (Å²) in [6.45, 7) is 6.81. The van der Waals surface area contributed by atoms with Crippen LogP contribution in [-0.2, 0) is 22.6 Å². The smallest absolute Gasteiger partial charge is 0.139 e. The number of carbonyl (C=O) groups excluding carboxylic acids is 2. The second kappa shape index (κ2) is 12.5. The van der Waals surface area contributed by atoms with E-state index in [0.29, 0.717) is 48.9 Å². The molecule has 3 aliphatic carbocycles. The summed E-state index contributed by atoms with van der Waals surface area (Å²) in [6.07, 6.45) is 7.44. The molecule has 2 saturated carbocycles. The average molecular weight is 479 g/mol. The Labute approximate surface area is 211 Å². The molecule has 2 aromatic rings. The van der Waals surface area contributed by atoms with Crippen molar-refractivity contribution in [3.8, 4) is 5.75 Å². The molecule has 2 fully saturated rings. The molecule has 0 spiro atoms. The second-order valence-corrected chi connectivity index (χ2v) is 10.1. The summed E-state index contributed by atoms with van der Waals surface area (Å²) in [4.78, 5) is 24.0. The maximum atomic E-state index is 13.0. The zero-order valence-electron chi connectivity index (χ0n) is 21.8. The Morgan fingerprint density at radius 2 is 1.83 bits per heavy atom. The zero-order valence-corrected chi connectivity index (χ0v) is 21.8. The van der Waals surface area contributed by atoms with Crippen LogP contribution in [0.25, 0.3) is 0 Å². The second-order valence-electron chi connectivity index (χ2n) is 10.1. The summed E-state index contributed by atoms with van der Waals surface area (Å²) < 4.78 is 6.08. The number of ketones is 1. The Morgan fingerprint density at radius 1 is 1.09 bits per heavy atom. The van der Waals surface area contributed by atoms with E-state index < -0.39 is 0 Å². The Balaban J connectivity index is 0.000000815. The van der Waals surface area contributed by atoms with E-state index in [1.165, 1.54) is 16.7 Å². The topological polar surface area (TPSA) is 63.6 Å². The van der Waals surface area contributed by atoms with Gasteiger partial charge in [0.2, 0.25) is 0 Å². The minimum absolute atomic E-state index is 0.176. The van der Waals surface area contributed by atoms with Crippen LogP contribution < -0.4 is 4.74 Å². The Morgan fingerprint density at radius 3 is 2.54 bits per heavy atom. The molecule has 0 aromatic heterocycles. The van der Waals surface area contributed by atoms with Gasteiger partial charge in [0.15, 0.2) is 0 Å². The highest BCUT2D eigenvalue weighted by atomic mass is 16.5. The molecule has 4 nitrogen and oxygen atoms in total. The van der Waals surface area contributed by atoms with Gasteiger partial charge in [-0.15, -0.1) is 0 Å². The highest BCUT2D eigenvalue weighted by Crippen LogP contribution is 2.62. The van der Waals surface area contributed by atoms with Crippen LogP contribution in [0.2, 0.25) is 0 Å². The first-order valence-corrected chi connectivity index (χ1v) is 13.3. The lowest BCUT2D eigenvalue weighted by Gasteiger charge is -2.50. The van der Waals surface area contributed by atoms with Crippen LogP contribution in [-0.4, -0.2) is 24.3 Å². The number of aliphatic hydroxyl groups is 1. The van der Waals surface area contributed by atoms with Gasteiger partial charge >= 0.3 is 0 Å². The van der Waals surface area contributed by atoms with Gasteiger partial charge in [-0.3, -0.25) is 4.79 Å². The average Bonchev–Trinajstić information content (AvgIpc) is 3.18. The molecule has 0 aliphatic heterocycles. The summed E-state index contributed by atoms with van der Waals surface area (Å²) >= 11 is 0. The minimum Gasteiger partial charge on any atom is -0.489 e. The van der Waals surface area contributed by atoms with Gasteiger partial charge in [-0.05, 0) is 84.6 Å². The van der Waals surface area contributed by atoms with Crippen LogP contribution in [0.4, 0.5) is 0 Å². The van der Waals surface area contributed by atoms with Crippen LogP contribution in [0.5, 0.6) is 5.75 Å². The van der Waals surface area contributed by atoms with Gasteiger partial charge in [-0.25, -0.2) is 0 Å². The van der Waals surface area contributed by atoms with Crippen LogP contribution in [0, 0.1) is 23.2 Å². The minimum atomic E-state index is -0.176. The number of benzene rings is 2. The van der Waals surface area contributed by atoms with E-state index >= 15 is 0 Å². The summed E-state index contributed by atoms with van der Waals surface area (Å²) in [5, 5.41) is 7.00. The first-order valence-electron chi connectivity index (χ1n) is 13.3. The van der Waals surface area contributed by atoms with Crippen molar-refractivity contribution >= 4 is 12.1 Å².